The van der Waals surface area contributed by atoms with Crippen molar-refractivity contribution >= 4 is 57.6 Å². The lowest BCUT2D eigenvalue weighted by Crippen LogP contribution is -2.29. The maximum absolute atomic E-state index is 6.55. The van der Waals surface area contributed by atoms with E-state index in [2.05, 4.69) is 116 Å². The topological polar surface area (TPSA) is 31.9 Å². The monoisotopic (exact) mass is 596 g/mol. The SMILES string of the molecule is CSCCOc1cc(-c2c3ccc(=[N+](C)C)cc-3oc3cc(N(C)C)ccc23)ccc1N(CCSC)CCSC. The summed E-state index contributed by atoms with van der Waals surface area (Å²) in [7, 11) is 8.24. The highest BCUT2D eigenvalue weighted by molar-refractivity contribution is 7.99. The Morgan fingerprint density at radius 1 is 0.825 bits per heavy atom. The first kappa shape index (κ1) is 30.5. The Labute approximate surface area is 252 Å². The molecule has 40 heavy (non-hydrogen) atoms. The van der Waals surface area contributed by atoms with Gasteiger partial charge in [-0.15, -0.1) is 0 Å². The molecule has 2 aliphatic rings. The minimum atomic E-state index is 0.681. The van der Waals surface area contributed by atoms with E-state index in [1.165, 1.54) is 11.3 Å². The van der Waals surface area contributed by atoms with E-state index in [1.54, 1.807) is 0 Å². The van der Waals surface area contributed by atoms with Crippen molar-refractivity contribution in [2.24, 2.45) is 0 Å². The second kappa shape index (κ2) is 14.5. The highest BCUT2D eigenvalue weighted by Crippen LogP contribution is 2.43. The maximum atomic E-state index is 6.55. The van der Waals surface area contributed by atoms with Crippen LogP contribution in [0.25, 0.3) is 33.4 Å². The molecule has 0 fully saturated rings. The van der Waals surface area contributed by atoms with Crippen LogP contribution < -0.4 is 24.5 Å². The molecule has 0 amide bonds. The summed E-state index contributed by atoms with van der Waals surface area (Å²) in [6.45, 7) is 2.67. The van der Waals surface area contributed by atoms with Gasteiger partial charge in [0.25, 0.3) is 0 Å². The van der Waals surface area contributed by atoms with Gasteiger partial charge in [-0.05, 0) is 54.7 Å². The number of anilines is 2. The highest BCUT2D eigenvalue weighted by atomic mass is 32.2. The van der Waals surface area contributed by atoms with Gasteiger partial charge in [0.05, 0.1) is 18.4 Å². The minimum Gasteiger partial charge on any atom is -0.491 e. The van der Waals surface area contributed by atoms with Gasteiger partial charge in [0.15, 0.2) is 0 Å². The molecule has 0 radical (unpaired) electrons. The summed E-state index contributed by atoms with van der Waals surface area (Å²) in [5, 5.41) is 2.21. The fourth-order valence-electron chi connectivity index (χ4n) is 4.77. The average molecular weight is 597 g/mol. The number of hydrogen-bond acceptors (Lipinski definition) is 7. The molecule has 8 heteroatoms. The Morgan fingerprint density at radius 3 is 2.20 bits per heavy atom. The van der Waals surface area contributed by atoms with Crippen LogP contribution in [0.5, 0.6) is 5.75 Å². The van der Waals surface area contributed by atoms with E-state index < -0.39 is 0 Å². The van der Waals surface area contributed by atoms with Crippen molar-refractivity contribution in [2.45, 2.75) is 0 Å². The van der Waals surface area contributed by atoms with Gasteiger partial charge in [-0.2, -0.15) is 35.3 Å². The molecule has 2 aromatic rings. The van der Waals surface area contributed by atoms with Crippen LogP contribution in [-0.2, 0) is 0 Å². The number of fused-ring (bicyclic) bond motifs is 2. The third-order valence-corrected chi connectivity index (χ3v) is 8.74. The molecule has 1 aliphatic carbocycles. The lowest BCUT2D eigenvalue weighted by Gasteiger charge is -2.27. The predicted octanol–water partition coefficient (Wildman–Crippen LogP) is 6.58. The fourth-order valence-corrected chi connectivity index (χ4v) is 5.83. The van der Waals surface area contributed by atoms with Crippen molar-refractivity contribution < 1.29 is 9.15 Å². The van der Waals surface area contributed by atoms with Crippen molar-refractivity contribution in [3.63, 3.8) is 0 Å². The number of thioether (sulfide) groups is 3. The van der Waals surface area contributed by atoms with Crippen molar-refractivity contribution in [3.8, 4) is 28.2 Å². The largest absolute Gasteiger partial charge is 0.491 e. The molecule has 0 unspecified atom stereocenters. The summed E-state index contributed by atoms with van der Waals surface area (Å²) >= 11 is 5.58. The molecular weight excluding hydrogens is 555 g/mol. The molecule has 214 valence electrons. The first-order valence-corrected chi connectivity index (χ1v) is 17.7. The Morgan fingerprint density at radius 2 is 1.55 bits per heavy atom. The number of hydrogen-bond donors (Lipinski definition) is 0. The van der Waals surface area contributed by atoms with Crippen LogP contribution in [0.15, 0.2) is 59.0 Å². The highest BCUT2D eigenvalue weighted by Gasteiger charge is 2.21. The van der Waals surface area contributed by atoms with Gasteiger partial charge < -0.3 is 19.0 Å². The molecule has 4 rings (SSSR count). The van der Waals surface area contributed by atoms with Crippen LogP contribution in [0.3, 0.4) is 0 Å². The molecule has 5 nitrogen and oxygen atoms in total. The molecule has 1 heterocycles. The lowest BCUT2D eigenvalue weighted by molar-refractivity contribution is 0.344. The summed E-state index contributed by atoms with van der Waals surface area (Å²) < 4.78 is 15.2. The molecule has 0 atom stereocenters. The summed E-state index contributed by atoms with van der Waals surface area (Å²) in [6, 6.07) is 19.7. The Bertz CT molecular complexity index is 1460. The molecule has 0 N–H and O–H groups in total. The van der Waals surface area contributed by atoms with Gasteiger partial charge in [-0.25, -0.2) is 4.58 Å². The van der Waals surface area contributed by atoms with Crippen molar-refractivity contribution in [2.75, 3.05) is 93.7 Å². The molecular formula is C32H42N3O2S3+. The number of rotatable bonds is 13. The smallest absolute Gasteiger partial charge is 0.203 e. The zero-order valence-electron chi connectivity index (χ0n) is 24.8. The Kier molecular flexibility index (Phi) is 11.0. The zero-order valence-corrected chi connectivity index (χ0v) is 27.3. The van der Waals surface area contributed by atoms with Crippen LogP contribution in [0, 0.1) is 0 Å². The lowest BCUT2D eigenvalue weighted by atomic mass is 9.93. The fraction of sp³-hybridized carbons (Fsp3) is 0.406. The van der Waals surface area contributed by atoms with Gasteiger partial charge in [0.1, 0.15) is 31.2 Å². The minimum absolute atomic E-state index is 0.681. The van der Waals surface area contributed by atoms with E-state index in [4.69, 9.17) is 9.15 Å². The molecule has 0 aromatic heterocycles. The van der Waals surface area contributed by atoms with E-state index in [1.807, 2.05) is 35.3 Å². The summed E-state index contributed by atoms with van der Waals surface area (Å²) in [6.07, 6.45) is 6.47. The maximum Gasteiger partial charge on any atom is 0.203 e. The quantitative estimate of drug-likeness (QED) is 0.0980. The second-order valence-electron chi connectivity index (χ2n) is 10.1. The van der Waals surface area contributed by atoms with E-state index >= 15 is 0 Å². The van der Waals surface area contributed by atoms with Gasteiger partial charge in [-0.1, -0.05) is 6.07 Å². The first-order valence-electron chi connectivity index (χ1n) is 13.5. The Hall–Kier alpha value is -2.42. The van der Waals surface area contributed by atoms with Crippen LogP contribution in [-0.4, -0.2) is 83.9 Å². The molecule has 0 saturated heterocycles. The molecule has 2 aromatic carbocycles. The standard InChI is InChI=1S/C32H42N3O2S3/c1-33(2)24-9-11-26-29(21-24)37-30-22-25(34(3)4)10-12-27(30)32(26)23-8-13-28(31(20-23)36-16-19-40-7)35(14-17-38-5)15-18-39-6/h8-13,20-22H,14-19H2,1-7H3/q+1. The van der Waals surface area contributed by atoms with Gasteiger partial charge in [0, 0.05) is 78.8 Å². The molecule has 0 saturated carbocycles. The van der Waals surface area contributed by atoms with Gasteiger partial charge >= 0.3 is 0 Å². The molecule has 0 bridgehead atoms. The number of nitrogens with zero attached hydrogens (tertiary/aromatic N) is 3. The summed E-state index contributed by atoms with van der Waals surface area (Å²) in [4.78, 5) is 4.59. The van der Waals surface area contributed by atoms with E-state index in [0.29, 0.717) is 6.61 Å². The van der Waals surface area contributed by atoms with E-state index in [-0.39, 0.29) is 0 Å². The summed E-state index contributed by atoms with van der Waals surface area (Å²) in [5.41, 5.74) is 6.57. The number of ether oxygens (including phenoxy) is 1. The van der Waals surface area contributed by atoms with E-state index in [0.717, 1.165) is 75.0 Å². The van der Waals surface area contributed by atoms with Gasteiger partial charge in [0.2, 0.25) is 5.36 Å². The van der Waals surface area contributed by atoms with Crippen LogP contribution in [0.4, 0.5) is 11.4 Å². The van der Waals surface area contributed by atoms with Crippen LogP contribution >= 0.6 is 35.3 Å². The third kappa shape index (κ3) is 7.07. The Balaban J connectivity index is 1.95. The van der Waals surface area contributed by atoms with Crippen LogP contribution in [0.2, 0.25) is 0 Å². The first-order chi connectivity index (χ1) is 19.4. The third-order valence-electron chi connectivity index (χ3n) is 6.99. The van der Waals surface area contributed by atoms with Crippen molar-refractivity contribution in [3.05, 3.63) is 60.0 Å². The van der Waals surface area contributed by atoms with Gasteiger partial charge in [-0.3, -0.25) is 0 Å². The second-order valence-corrected chi connectivity index (χ2v) is 13.1. The van der Waals surface area contributed by atoms with Crippen molar-refractivity contribution in [1.29, 1.82) is 0 Å². The molecule has 1 aliphatic heterocycles. The van der Waals surface area contributed by atoms with Crippen molar-refractivity contribution in [1.82, 2.24) is 4.58 Å². The average Bonchev–Trinajstić information content (AvgIpc) is 2.95. The normalized spacial score (nSPS) is 11.3. The molecule has 0 spiro atoms. The predicted molar refractivity (Wildman–Crippen MR) is 183 cm³/mol. The van der Waals surface area contributed by atoms with Crippen LogP contribution in [0.1, 0.15) is 0 Å². The summed E-state index contributed by atoms with van der Waals surface area (Å²) in [5.74, 6) is 4.94. The van der Waals surface area contributed by atoms with E-state index in [9.17, 15) is 0 Å². The zero-order chi connectivity index (χ0) is 28.6. The number of benzene rings is 3.